The highest BCUT2D eigenvalue weighted by Gasteiger charge is 2.22. The highest BCUT2D eigenvalue weighted by Crippen LogP contribution is 2.26. The lowest BCUT2D eigenvalue weighted by molar-refractivity contribution is 0.523. The van der Waals surface area contributed by atoms with Crippen molar-refractivity contribution in [2.75, 3.05) is 23.3 Å². The Labute approximate surface area is 178 Å². The van der Waals surface area contributed by atoms with Crippen LogP contribution in [0, 0.1) is 18.3 Å². The molecule has 1 fully saturated rings. The molecule has 150 valence electrons. The average molecular weight is 417 g/mol. The zero-order chi connectivity index (χ0) is 20.5. The molecule has 3 aromatic heterocycles. The van der Waals surface area contributed by atoms with Gasteiger partial charge in [-0.2, -0.15) is 14.6 Å². The van der Waals surface area contributed by atoms with Crippen LogP contribution in [0.25, 0.3) is 16.8 Å². The largest absolute Gasteiger partial charge is 0.350 e. The summed E-state index contributed by atoms with van der Waals surface area (Å²) in [4.78, 5) is 11.5. The lowest BCUT2D eigenvalue weighted by atomic mass is 10.0. The third-order valence-corrected chi connectivity index (χ3v) is 6.15. The molecule has 1 N–H and O–H groups in total. The molecule has 0 radical (unpaired) electrons. The molecule has 0 atom stereocenters. The summed E-state index contributed by atoms with van der Waals surface area (Å²) >= 11 is 1.46. The number of fused-ring (bicyclic) bond motifs is 1. The van der Waals surface area contributed by atoms with Gasteiger partial charge in [0, 0.05) is 42.4 Å². The Bertz CT molecular complexity index is 1230. The summed E-state index contributed by atoms with van der Waals surface area (Å²) in [6, 6.07) is 14.0. The molecule has 8 nitrogen and oxygen atoms in total. The number of anilines is 2. The van der Waals surface area contributed by atoms with E-state index in [1.165, 1.54) is 11.5 Å². The highest BCUT2D eigenvalue weighted by atomic mass is 32.1. The molecule has 4 heterocycles. The molecule has 0 spiro atoms. The van der Waals surface area contributed by atoms with Crippen molar-refractivity contribution in [3.63, 3.8) is 0 Å². The summed E-state index contributed by atoms with van der Waals surface area (Å²) in [5, 5.41) is 18.3. The standard InChI is InChI=1S/C21H20N8S/c1-14-23-21(30-27-14)28-10-7-17(8-11-28)24-20-25-19-18(6-3-9-29(19)26-20)16-5-2-4-15(12-16)13-22/h2-6,9,12,17H,7-8,10-11H2,1H3,(H,24,26). The second kappa shape index (κ2) is 7.72. The summed E-state index contributed by atoms with van der Waals surface area (Å²) in [5.41, 5.74) is 3.32. The number of nitrogens with zero attached hydrogens (tertiary/aromatic N) is 7. The Hall–Kier alpha value is -3.51. The SMILES string of the molecule is Cc1nsc(N2CCC(Nc3nc4c(-c5cccc(C#N)c5)cccn4n3)CC2)n1. The number of nitrogens with one attached hydrogen (secondary N) is 1. The molecule has 5 rings (SSSR count). The first-order chi connectivity index (χ1) is 14.7. The molecule has 1 aliphatic rings. The van der Waals surface area contributed by atoms with Crippen molar-refractivity contribution < 1.29 is 0 Å². The first kappa shape index (κ1) is 18.5. The summed E-state index contributed by atoms with van der Waals surface area (Å²) in [6.07, 6.45) is 3.88. The van der Waals surface area contributed by atoms with Crippen molar-refractivity contribution in [3.05, 3.63) is 54.0 Å². The fourth-order valence-corrected chi connectivity index (χ4v) is 4.49. The van der Waals surface area contributed by atoms with Crippen LogP contribution in [0.4, 0.5) is 11.1 Å². The van der Waals surface area contributed by atoms with Crippen molar-refractivity contribution in [1.82, 2.24) is 24.0 Å². The fourth-order valence-electron chi connectivity index (χ4n) is 3.76. The monoisotopic (exact) mass is 416 g/mol. The van der Waals surface area contributed by atoms with Gasteiger partial charge in [-0.3, -0.25) is 0 Å². The number of hydrogen-bond acceptors (Lipinski definition) is 8. The maximum Gasteiger partial charge on any atom is 0.243 e. The fraction of sp³-hybridized carbons (Fsp3) is 0.286. The number of benzene rings is 1. The zero-order valence-electron chi connectivity index (χ0n) is 16.5. The number of nitriles is 1. The maximum absolute atomic E-state index is 9.20. The molecule has 0 aliphatic carbocycles. The predicted molar refractivity (Wildman–Crippen MR) is 117 cm³/mol. The molecule has 1 aromatic carbocycles. The van der Waals surface area contributed by atoms with Gasteiger partial charge in [-0.25, -0.2) is 9.50 Å². The maximum atomic E-state index is 9.20. The lowest BCUT2D eigenvalue weighted by Crippen LogP contribution is -2.39. The molecule has 0 amide bonds. The van der Waals surface area contributed by atoms with Crippen LogP contribution in [0.5, 0.6) is 0 Å². The van der Waals surface area contributed by atoms with Crippen molar-refractivity contribution >= 4 is 28.3 Å². The summed E-state index contributed by atoms with van der Waals surface area (Å²) in [6.45, 7) is 3.80. The van der Waals surface area contributed by atoms with Crippen LogP contribution in [0.15, 0.2) is 42.6 Å². The van der Waals surface area contributed by atoms with Crippen LogP contribution in [0.3, 0.4) is 0 Å². The van der Waals surface area contributed by atoms with E-state index < -0.39 is 0 Å². The van der Waals surface area contributed by atoms with Gasteiger partial charge in [0.2, 0.25) is 11.1 Å². The smallest absolute Gasteiger partial charge is 0.243 e. The first-order valence-corrected chi connectivity index (χ1v) is 10.6. The van der Waals surface area contributed by atoms with Gasteiger partial charge in [0.1, 0.15) is 5.82 Å². The Kier molecular flexibility index (Phi) is 4.77. The minimum atomic E-state index is 0.318. The minimum absolute atomic E-state index is 0.318. The van der Waals surface area contributed by atoms with Gasteiger partial charge < -0.3 is 10.2 Å². The Morgan fingerprint density at radius 3 is 2.80 bits per heavy atom. The van der Waals surface area contributed by atoms with Gasteiger partial charge in [0.15, 0.2) is 5.65 Å². The van der Waals surface area contributed by atoms with E-state index in [0.717, 1.165) is 53.7 Å². The van der Waals surface area contributed by atoms with E-state index in [2.05, 4.69) is 30.7 Å². The number of aromatic nitrogens is 5. The lowest BCUT2D eigenvalue weighted by Gasteiger charge is -2.31. The van der Waals surface area contributed by atoms with E-state index in [9.17, 15) is 5.26 Å². The van der Waals surface area contributed by atoms with Crippen LogP contribution in [-0.2, 0) is 0 Å². The topological polar surface area (TPSA) is 95.0 Å². The Morgan fingerprint density at radius 1 is 1.17 bits per heavy atom. The van der Waals surface area contributed by atoms with Gasteiger partial charge in [-0.15, -0.1) is 5.10 Å². The number of aryl methyl sites for hydroxylation is 1. The van der Waals surface area contributed by atoms with Gasteiger partial charge >= 0.3 is 0 Å². The highest BCUT2D eigenvalue weighted by molar-refractivity contribution is 7.09. The van der Waals surface area contributed by atoms with Crippen LogP contribution in [-0.4, -0.2) is 43.1 Å². The third-order valence-electron chi connectivity index (χ3n) is 5.28. The van der Waals surface area contributed by atoms with Crippen LogP contribution < -0.4 is 10.2 Å². The van der Waals surface area contributed by atoms with Crippen LogP contribution >= 0.6 is 11.5 Å². The second-order valence-corrected chi connectivity index (χ2v) is 8.08. The van der Waals surface area contributed by atoms with E-state index in [-0.39, 0.29) is 0 Å². The molecule has 9 heteroatoms. The van der Waals surface area contributed by atoms with Gasteiger partial charge in [0.25, 0.3) is 0 Å². The van der Waals surface area contributed by atoms with Gasteiger partial charge in [-0.1, -0.05) is 12.1 Å². The van der Waals surface area contributed by atoms with E-state index in [1.807, 2.05) is 43.5 Å². The van der Waals surface area contributed by atoms with Crippen molar-refractivity contribution in [2.45, 2.75) is 25.8 Å². The van der Waals surface area contributed by atoms with E-state index >= 15 is 0 Å². The molecule has 0 bridgehead atoms. The molecule has 1 saturated heterocycles. The van der Waals surface area contributed by atoms with Crippen molar-refractivity contribution in [3.8, 4) is 17.2 Å². The summed E-state index contributed by atoms with van der Waals surface area (Å²) in [7, 11) is 0. The van der Waals surface area contributed by atoms with Gasteiger partial charge in [0.05, 0.1) is 11.6 Å². The Morgan fingerprint density at radius 2 is 2.03 bits per heavy atom. The van der Waals surface area contributed by atoms with Crippen LogP contribution in [0.2, 0.25) is 0 Å². The Balaban J connectivity index is 1.33. The molecular weight excluding hydrogens is 396 g/mol. The van der Waals surface area contributed by atoms with E-state index in [0.29, 0.717) is 17.6 Å². The van der Waals surface area contributed by atoms with Crippen LogP contribution in [0.1, 0.15) is 24.2 Å². The van der Waals surface area contributed by atoms with Crippen molar-refractivity contribution in [2.24, 2.45) is 0 Å². The summed E-state index contributed by atoms with van der Waals surface area (Å²) < 4.78 is 6.07. The van der Waals surface area contributed by atoms with Gasteiger partial charge in [-0.05, 0) is 49.6 Å². The predicted octanol–water partition coefficient (Wildman–Crippen LogP) is 3.51. The molecule has 4 aromatic rings. The second-order valence-electron chi connectivity index (χ2n) is 7.35. The molecule has 30 heavy (non-hydrogen) atoms. The quantitative estimate of drug-likeness (QED) is 0.544. The number of piperidine rings is 1. The molecule has 0 saturated carbocycles. The van der Waals surface area contributed by atoms with E-state index in [4.69, 9.17) is 4.98 Å². The molecule has 1 aliphatic heterocycles. The minimum Gasteiger partial charge on any atom is -0.350 e. The first-order valence-electron chi connectivity index (χ1n) is 9.87. The average Bonchev–Trinajstić information content (AvgIpc) is 3.39. The molecular formula is C21H20N8S. The number of hydrogen-bond donors (Lipinski definition) is 1. The summed E-state index contributed by atoms with van der Waals surface area (Å²) in [5.74, 6) is 1.46. The normalized spacial score (nSPS) is 14.7. The third kappa shape index (κ3) is 3.57. The molecule has 0 unspecified atom stereocenters. The van der Waals surface area contributed by atoms with E-state index in [1.54, 1.807) is 10.6 Å². The number of pyridine rings is 1. The zero-order valence-corrected chi connectivity index (χ0v) is 17.3. The van der Waals surface area contributed by atoms with Crippen molar-refractivity contribution in [1.29, 1.82) is 5.26 Å². The number of rotatable bonds is 4.